The maximum absolute atomic E-state index is 12.9. The number of amides is 2. The largest absolute Gasteiger partial charge is 0.352 e. The molecule has 0 radical (unpaired) electrons. The van der Waals surface area contributed by atoms with Gasteiger partial charge in [0.1, 0.15) is 0 Å². The van der Waals surface area contributed by atoms with Crippen LogP contribution in [0.3, 0.4) is 0 Å². The highest BCUT2D eigenvalue weighted by molar-refractivity contribution is 5.84. The molecule has 2 aromatic carbocycles. The standard InChI is InChI=1S/C22H27N3O2/c1-16(25(2)15-20(26)23-19-13-14-19)22(27)24-21(17-9-5-3-6-10-17)18-11-7-4-8-12-18/h3-12,16,19,21H,13-15H2,1-2H3,(H,23,26)(H,24,27)/t16-/m0/s1. The first-order valence-electron chi connectivity index (χ1n) is 9.44. The summed E-state index contributed by atoms with van der Waals surface area (Å²) in [6.07, 6.45) is 2.11. The highest BCUT2D eigenvalue weighted by atomic mass is 16.2. The van der Waals surface area contributed by atoms with Crippen LogP contribution in [0.4, 0.5) is 0 Å². The van der Waals surface area contributed by atoms with Crippen molar-refractivity contribution in [2.75, 3.05) is 13.6 Å². The Kier molecular flexibility index (Phi) is 6.24. The number of likely N-dealkylation sites (N-methyl/N-ethyl adjacent to an activating group) is 1. The maximum atomic E-state index is 12.9. The number of hydrogen-bond acceptors (Lipinski definition) is 3. The lowest BCUT2D eigenvalue weighted by Gasteiger charge is -2.27. The molecule has 0 aromatic heterocycles. The van der Waals surface area contributed by atoms with E-state index in [1.54, 1.807) is 11.9 Å². The van der Waals surface area contributed by atoms with E-state index in [4.69, 9.17) is 0 Å². The molecular formula is C22H27N3O2. The smallest absolute Gasteiger partial charge is 0.237 e. The molecule has 1 aliphatic rings. The molecule has 0 bridgehead atoms. The zero-order valence-corrected chi connectivity index (χ0v) is 15.9. The molecule has 0 aliphatic heterocycles. The van der Waals surface area contributed by atoms with Gasteiger partial charge in [-0.05, 0) is 37.9 Å². The predicted molar refractivity (Wildman–Crippen MR) is 106 cm³/mol. The van der Waals surface area contributed by atoms with Gasteiger partial charge in [-0.3, -0.25) is 14.5 Å². The summed E-state index contributed by atoms with van der Waals surface area (Å²) in [4.78, 5) is 26.7. The van der Waals surface area contributed by atoms with Crippen molar-refractivity contribution in [2.45, 2.75) is 37.9 Å². The summed E-state index contributed by atoms with van der Waals surface area (Å²) in [5.74, 6) is -0.128. The van der Waals surface area contributed by atoms with Crippen molar-refractivity contribution in [1.29, 1.82) is 0 Å². The lowest BCUT2D eigenvalue weighted by molar-refractivity contribution is -0.128. The van der Waals surface area contributed by atoms with Gasteiger partial charge in [-0.15, -0.1) is 0 Å². The van der Waals surface area contributed by atoms with Crippen LogP contribution in [0.15, 0.2) is 60.7 Å². The lowest BCUT2D eigenvalue weighted by Crippen LogP contribution is -2.48. The third kappa shape index (κ3) is 5.41. The molecule has 142 valence electrons. The number of nitrogens with one attached hydrogen (secondary N) is 2. The average molecular weight is 365 g/mol. The van der Waals surface area contributed by atoms with Crippen LogP contribution in [0.25, 0.3) is 0 Å². The Bertz CT molecular complexity index is 720. The predicted octanol–water partition coefficient (Wildman–Crippen LogP) is 2.49. The van der Waals surface area contributed by atoms with Crippen LogP contribution in [0.2, 0.25) is 0 Å². The lowest BCUT2D eigenvalue weighted by atomic mass is 9.98. The van der Waals surface area contributed by atoms with Crippen LogP contribution in [0, 0.1) is 0 Å². The van der Waals surface area contributed by atoms with Crippen LogP contribution >= 0.6 is 0 Å². The Labute approximate surface area is 160 Å². The van der Waals surface area contributed by atoms with Gasteiger partial charge in [0.25, 0.3) is 0 Å². The summed E-state index contributed by atoms with van der Waals surface area (Å²) in [6.45, 7) is 2.04. The number of carbonyl (C=O) groups is 2. The molecule has 3 rings (SSSR count). The van der Waals surface area contributed by atoms with E-state index in [2.05, 4.69) is 10.6 Å². The fourth-order valence-corrected chi connectivity index (χ4v) is 2.98. The number of carbonyl (C=O) groups excluding carboxylic acids is 2. The minimum Gasteiger partial charge on any atom is -0.352 e. The Hall–Kier alpha value is -2.66. The number of hydrogen-bond donors (Lipinski definition) is 2. The molecule has 0 saturated heterocycles. The topological polar surface area (TPSA) is 61.4 Å². The molecule has 0 heterocycles. The van der Waals surface area contributed by atoms with Crippen LogP contribution < -0.4 is 10.6 Å². The summed E-state index contributed by atoms with van der Waals surface area (Å²) in [6, 6.07) is 19.5. The van der Waals surface area contributed by atoms with Crippen LogP contribution in [0.5, 0.6) is 0 Å². The zero-order chi connectivity index (χ0) is 19.2. The monoisotopic (exact) mass is 365 g/mol. The third-order valence-corrected chi connectivity index (χ3v) is 4.93. The van der Waals surface area contributed by atoms with Crippen LogP contribution in [-0.4, -0.2) is 42.4 Å². The van der Waals surface area contributed by atoms with Gasteiger partial charge in [0.05, 0.1) is 18.6 Å². The molecule has 2 N–H and O–H groups in total. The zero-order valence-electron chi connectivity index (χ0n) is 15.9. The van der Waals surface area contributed by atoms with Crippen molar-refractivity contribution < 1.29 is 9.59 Å². The molecule has 1 aliphatic carbocycles. The van der Waals surface area contributed by atoms with E-state index < -0.39 is 6.04 Å². The fraction of sp³-hybridized carbons (Fsp3) is 0.364. The quantitative estimate of drug-likeness (QED) is 0.756. The van der Waals surface area contributed by atoms with E-state index in [0.29, 0.717) is 6.04 Å². The second kappa shape index (κ2) is 8.82. The molecule has 0 spiro atoms. The maximum Gasteiger partial charge on any atom is 0.237 e. The fourth-order valence-electron chi connectivity index (χ4n) is 2.98. The minimum atomic E-state index is -0.412. The van der Waals surface area contributed by atoms with E-state index in [-0.39, 0.29) is 24.4 Å². The van der Waals surface area contributed by atoms with E-state index in [1.165, 1.54) is 0 Å². The van der Waals surface area contributed by atoms with Crippen molar-refractivity contribution in [3.8, 4) is 0 Å². The second-order valence-corrected chi connectivity index (χ2v) is 7.20. The van der Waals surface area contributed by atoms with Gasteiger partial charge in [0.2, 0.25) is 11.8 Å². The van der Waals surface area contributed by atoms with Gasteiger partial charge < -0.3 is 10.6 Å². The number of benzene rings is 2. The summed E-state index contributed by atoms with van der Waals surface area (Å²) < 4.78 is 0. The summed E-state index contributed by atoms with van der Waals surface area (Å²) >= 11 is 0. The molecule has 2 amide bonds. The summed E-state index contributed by atoms with van der Waals surface area (Å²) in [7, 11) is 1.80. The van der Waals surface area contributed by atoms with Gasteiger partial charge in [-0.25, -0.2) is 0 Å². The second-order valence-electron chi connectivity index (χ2n) is 7.20. The third-order valence-electron chi connectivity index (χ3n) is 4.93. The van der Waals surface area contributed by atoms with Crippen molar-refractivity contribution in [3.63, 3.8) is 0 Å². The van der Waals surface area contributed by atoms with Crippen molar-refractivity contribution in [2.24, 2.45) is 0 Å². The van der Waals surface area contributed by atoms with E-state index in [1.807, 2.05) is 67.6 Å². The molecule has 1 fully saturated rings. The molecule has 1 atom stereocenters. The van der Waals surface area contributed by atoms with Crippen LogP contribution in [-0.2, 0) is 9.59 Å². The normalized spacial score (nSPS) is 14.8. The molecular weight excluding hydrogens is 338 g/mol. The Morgan fingerprint density at radius 3 is 2.00 bits per heavy atom. The SMILES string of the molecule is C[C@@H](C(=O)NC(c1ccccc1)c1ccccc1)N(C)CC(=O)NC1CC1. The molecule has 27 heavy (non-hydrogen) atoms. The van der Waals surface area contributed by atoms with Crippen molar-refractivity contribution in [3.05, 3.63) is 71.8 Å². The summed E-state index contributed by atoms with van der Waals surface area (Å²) in [5.41, 5.74) is 2.05. The first-order valence-corrected chi connectivity index (χ1v) is 9.44. The molecule has 1 saturated carbocycles. The van der Waals surface area contributed by atoms with Crippen LogP contribution in [0.1, 0.15) is 36.9 Å². The summed E-state index contributed by atoms with van der Waals surface area (Å²) in [5, 5.41) is 6.10. The van der Waals surface area contributed by atoms with E-state index >= 15 is 0 Å². The van der Waals surface area contributed by atoms with Gasteiger partial charge in [0, 0.05) is 6.04 Å². The first-order chi connectivity index (χ1) is 13.0. The average Bonchev–Trinajstić information content (AvgIpc) is 3.50. The molecule has 0 unspecified atom stereocenters. The first kappa shape index (κ1) is 19.1. The van der Waals surface area contributed by atoms with Crippen molar-refractivity contribution in [1.82, 2.24) is 15.5 Å². The van der Waals surface area contributed by atoms with E-state index in [0.717, 1.165) is 24.0 Å². The van der Waals surface area contributed by atoms with E-state index in [9.17, 15) is 9.59 Å². The highest BCUT2D eigenvalue weighted by Gasteiger charge is 2.27. The van der Waals surface area contributed by atoms with Crippen molar-refractivity contribution >= 4 is 11.8 Å². The Morgan fingerprint density at radius 1 is 1.00 bits per heavy atom. The number of nitrogens with zero attached hydrogens (tertiary/aromatic N) is 1. The minimum absolute atomic E-state index is 0.0256. The van der Waals surface area contributed by atoms with Gasteiger partial charge in [-0.1, -0.05) is 60.7 Å². The number of rotatable bonds is 8. The molecule has 5 heteroatoms. The Morgan fingerprint density at radius 2 is 1.52 bits per heavy atom. The molecule has 5 nitrogen and oxygen atoms in total. The Balaban J connectivity index is 1.67. The highest BCUT2D eigenvalue weighted by Crippen LogP contribution is 2.22. The van der Waals surface area contributed by atoms with Gasteiger partial charge >= 0.3 is 0 Å². The van der Waals surface area contributed by atoms with Gasteiger partial charge in [-0.2, -0.15) is 0 Å². The molecule has 2 aromatic rings. The van der Waals surface area contributed by atoms with Gasteiger partial charge in [0.15, 0.2) is 0 Å².